The van der Waals surface area contributed by atoms with Crippen molar-refractivity contribution in [2.24, 2.45) is 0 Å². The summed E-state index contributed by atoms with van der Waals surface area (Å²) in [5, 5.41) is 0. The van der Waals surface area contributed by atoms with E-state index in [1.807, 2.05) is 13.2 Å². The zero-order valence-corrected chi connectivity index (χ0v) is 15.2. The monoisotopic (exact) mass is 349 g/mol. The highest BCUT2D eigenvalue weighted by atomic mass is 32.2. The van der Waals surface area contributed by atoms with Gasteiger partial charge in [-0.05, 0) is 50.3 Å². The van der Waals surface area contributed by atoms with Gasteiger partial charge in [0, 0.05) is 10.5 Å². The third-order valence-electron chi connectivity index (χ3n) is 3.61. The Morgan fingerprint density at radius 2 is 2.00 bits per heavy atom. The fourth-order valence-electron chi connectivity index (χ4n) is 2.50. The lowest BCUT2D eigenvalue weighted by molar-refractivity contribution is 0.0515. The van der Waals surface area contributed by atoms with Gasteiger partial charge in [0.25, 0.3) is 0 Å². The number of nitrogens with zero attached hydrogens (tertiary/aromatic N) is 1. The number of benzene rings is 1. The number of rotatable bonds is 5. The molecule has 0 spiro atoms. The van der Waals surface area contributed by atoms with Crippen LogP contribution < -0.4 is 4.74 Å². The molecule has 6 heteroatoms. The third-order valence-corrected chi connectivity index (χ3v) is 4.53. The first-order valence-corrected chi connectivity index (χ1v) is 8.73. The van der Waals surface area contributed by atoms with Gasteiger partial charge in [0.2, 0.25) is 0 Å². The van der Waals surface area contributed by atoms with Crippen LogP contribution in [0.25, 0.3) is 11.3 Å². The number of methoxy groups -OCH3 is 1. The molecule has 0 atom stereocenters. The summed E-state index contributed by atoms with van der Waals surface area (Å²) in [6, 6.07) is 5.17. The molecule has 128 valence electrons. The summed E-state index contributed by atoms with van der Waals surface area (Å²) in [6.45, 7) is 5.62. The first-order chi connectivity index (χ1) is 11.4. The average Bonchev–Trinajstić information content (AvgIpc) is 2.54. The van der Waals surface area contributed by atoms with Crippen LogP contribution in [0.15, 0.2) is 23.1 Å². The number of ether oxygens (including phenoxy) is 2. The third kappa shape index (κ3) is 3.38. The normalized spacial score (nSPS) is 10.6. The van der Waals surface area contributed by atoms with Crippen LogP contribution in [-0.2, 0) is 4.74 Å². The molecule has 0 aliphatic rings. The Balaban J connectivity index is 2.66. The summed E-state index contributed by atoms with van der Waals surface area (Å²) in [4.78, 5) is 17.3. The van der Waals surface area contributed by atoms with E-state index in [4.69, 9.17) is 9.47 Å². The van der Waals surface area contributed by atoms with Crippen LogP contribution in [-0.4, -0.2) is 30.9 Å². The van der Waals surface area contributed by atoms with E-state index in [0.29, 0.717) is 16.8 Å². The second kappa shape index (κ2) is 7.66. The fraction of sp³-hybridized carbons (Fsp3) is 0.333. The molecular weight excluding hydrogens is 329 g/mol. The van der Waals surface area contributed by atoms with E-state index in [1.54, 1.807) is 32.0 Å². The predicted molar refractivity (Wildman–Crippen MR) is 93.4 cm³/mol. The van der Waals surface area contributed by atoms with Gasteiger partial charge in [-0.1, -0.05) is 6.07 Å². The van der Waals surface area contributed by atoms with Gasteiger partial charge in [-0.25, -0.2) is 14.2 Å². The average molecular weight is 349 g/mol. The van der Waals surface area contributed by atoms with Crippen molar-refractivity contribution >= 4 is 17.7 Å². The van der Waals surface area contributed by atoms with Crippen molar-refractivity contribution in [1.29, 1.82) is 0 Å². The van der Waals surface area contributed by atoms with E-state index in [0.717, 1.165) is 10.5 Å². The smallest absolute Gasteiger partial charge is 0.358 e. The molecule has 0 aliphatic carbocycles. The van der Waals surface area contributed by atoms with Crippen LogP contribution in [0.2, 0.25) is 0 Å². The molecule has 0 aliphatic heterocycles. The molecule has 0 unspecified atom stereocenters. The van der Waals surface area contributed by atoms with Crippen molar-refractivity contribution in [2.45, 2.75) is 25.7 Å². The van der Waals surface area contributed by atoms with E-state index in [2.05, 4.69) is 4.98 Å². The highest BCUT2D eigenvalue weighted by Crippen LogP contribution is 2.34. The number of aryl methyl sites for hydroxylation is 2. The molecule has 1 heterocycles. The van der Waals surface area contributed by atoms with Crippen LogP contribution in [0.4, 0.5) is 4.39 Å². The quantitative estimate of drug-likeness (QED) is 0.591. The molecule has 0 radical (unpaired) electrons. The van der Waals surface area contributed by atoms with E-state index in [-0.39, 0.29) is 18.1 Å². The molecule has 2 rings (SSSR count). The Bertz CT molecular complexity index is 777. The first-order valence-electron chi connectivity index (χ1n) is 7.50. The van der Waals surface area contributed by atoms with Gasteiger partial charge in [-0.3, -0.25) is 0 Å². The van der Waals surface area contributed by atoms with Crippen LogP contribution in [0.5, 0.6) is 5.75 Å². The van der Waals surface area contributed by atoms with Gasteiger partial charge in [-0.2, -0.15) is 0 Å². The van der Waals surface area contributed by atoms with Gasteiger partial charge >= 0.3 is 5.97 Å². The molecule has 24 heavy (non-hydrogen) atoms. The Kier molecular flexibility index (Phi) is 5.83. The molecule has 0 amide bonds. The molecule has 4 nitrogen and oxygen atoms in total. The second-order valence-electron chi connectivity index (χ2n) is 5.20. The zero-order chi connectivity index (χ0) is 17.9. The fourth-order valence-corrected chi connectivity index (χ4v) is 3.20. The van der Waals surface area contributed by atoms with Gasteiger partial charge in [0.1, 0.15) is 0 Å². The molecular formula is C18H20FNO3S. The Labute approximate surface area is 145 Å². The first kappa shape index (κ1) is 18.3. The molecule has 0 N–H and O–H groups in total. The molecule has 0 bridgehead atoms. The van der Waals surface area contributed by atoms with Crippen LogP contribution >= 0.6 is 11.8 Å². The second-order valence-corrected chi connectivity index (χ2v) is 6.02. The van der Waals surface area contributed by atoms with Crippen molar-refractivity contribution < 1.29 is 18.7 Å². The lowest BCUT2D eigenvalue weighted by Crippen LogP contribution is -2.11. The molecule has 1 aromatic heterocycles. The topological polar surface area (TPSA) is 48.4 Å². The summed E-state index contributed by atoms with van der Waals surface area (Å²) in [5.74, 6) is -0.819. The number of aromatic nitrogens is 1. The molecule has 0 saturated carbocycles. The summed E-state index contributed by atoms with van der Waals surface area (Å²) < 4.78 is 24.9. The number of pyridine rings is 1. The maximum atomic E-state index is 14.7. The van der Waals surface area contributed by atoms with Crippen molar-refractivity contribution in [3.63, 3.8) is 0 Å². The zero-order valence-electron chi connectivity index (χ0n) is 14.4. The van der Waals surface area contributed by atoms with Gasteiger partial charge < -0.3 is 9.47 Å². The molecule has 0 fully saturated rings. The van der Waals surface area contributed by atoms with E-state index in [9.17, 15) is 9.18 Å². The number of carbonyl (C=O) groups excluding carboxylic acids is 1. The minimum absolute atomic E-state index is 0.179. The predicted octanol–water partition coefficient (Wildman–Crippen LogP) is 4.41. The minimum Gasteiger partial charge on any atom is -0.493 e. The van der Waals surface area contributed by atoms with Crippen molar-refractivity contribution in [2.75, 3.05) is 20.0 Å². The Hall–Kier alpha value is -2.08. The van der Waals surface area contributed by atoms with E-state index in [1.165, 1.54) is 18.9 Å². The SMILES string of the molecule is CCOC(=O)c1nc(-c2ccc(C)c(OC)c2F)cc(C)c1SC. The van der Waals surface area contributed by atoms with Crippen LogP contribution in [0.1, 0.15) is 28.5 Å². The maximum Gasteiger partial charge on any atom is 0.358 e. The number of thioether (sulfide) groups is 1. The number of hydrogen-bond donors (Lipinski definition) is 0. The van der Waals surface area contributed by atoms with E-state index >= 15 is 0 Å². The summed E-state index contributed by atoms with van der Waals surface area (Å²) in [7, 11) is 1.43. The number of halogens is 1. The molecule has 2 aromatic rings. The number of esters is 1. The van der Waals surface area contributed by atoms with Crippen molar-refractivity contribution in [3.8, 4) is 17.0 Å². The lowest BCUT2D eigenvalue weighted by Gasteiger charge is -2.14. The molecule has 1 aromatic carbocycles. The largest absolute Gasteiger partial charge is 0.493 e. The van der Waals surface area contributed by atoms with Crippen molar-refractivity contribution in [1.82, 2.24) is 4.98 Å². The number of hydrogen-bond acceptors (Lipinski definition) is 5. The van der Waals surface area contributed by atoms with Gasteiger partial charge in [-0.15, -0.1) is 11.8 Å². The summed E-state index contributed by atoms with van der Waals surface area (Å²) >= 11 is 1.41. The summed E-state index contributed by atoms with van der Waals surface area (Å²) in [5.41, 5.74) is 2.41. The van der Waals surface area contributed by atoms with Crippen LogP contribution in [0, 0.1) is 19.7 Å². The standard InChI is InChI=1S/C18H20FNO3S/c1-6-23-18(21)15-17(24-5)11(3)9-13(20-15)12-8-7-10(2)16(22-4)14(12)19/h7-9H,6H2,1-5H3. The van der Waals surface area contributed by atoms with E-state index < -0.39 is 11.8 Å². The minimum atomic E-state index is -0.508. The summed E-state index contributed by atoms with van der Waals surface area (Å²) in [6.07, 6.45) is 1.86. The number of carbonyl (C=O) groups is 1. The van der Waals surface area contributed by atoms with Crippen LogP contribution in [0.3, 0.4) is 0 Å². The lowest BCUT2D eigenvalue weighted by atomic mass is 10.0. The van der Waals surface area contributed by atoms with Gasteiger partial charge in [0.05, 0.1) is 19.4 Å². The molecule has 0 saturated heterocycles. The highest BCUT2D eigenvalue weighted by Gasteiger charge is 2.21. The Morgan fingerprint density at radius 3 is 2.58 bits per heavy atom. The highest BCUT2D eigenvalue weighted by molar-refractivity contribution is 7.98. The van der Waals surface area contributed by atoms with Gasteiger partial charge in [0.15, 0.2) is 17.3 Å². The van der Waals surface area contributed by atoms with Crippen molar-refractivity contribution in [3.05, 3.63) is 40.8 Å². The maximum absolute atomic E-state index is 14.7. The Morgan fingerprint density at radius 1 is 1.29 bits per heavy atom.